The van der Waals surface area contributed by atoms with E-state index in [1.54, 1.807) is 0 Å². The SMILES string of the molecule is NC(C(=O)N1CC2CC2C1)C1CC1. The fourth-order valence-corrected chi connectivity index (χ4v) is 2.45. The summed E-state index contributed by atoms with van der Waals surface area (Å²) in [6, 6.07) is -0.183. The third-order valence-electron chi connectivity index (χ3n) is 3.71. The number of likely N-dealkylation sites (tertiary alicyclic amines) is 1. The monoisotopic (exact) mass is 180 g/mol. The Morgan fingerprint density at radius 2 is 1.92 bits per heavy atom. The van der Waals surface area contributed by atoms with Crippen LogP contribution in [0.3, 0.4) is 0 Å². The number of amides is 1. The molecule has 3 atom stereocenters. The van der Waals surface area contributed by atoms with Crippen molar-refractivity contribution in [1.29, 1.82) is 0 Å². The van der Waals surface area contributed by atoms with Crippen LogP contribution in [-0.4, -0.2) is 29.9 Å². The van der Waals surface area contributed by atoms with E-state index in [1.807, 2.05) is 4.90 Å². The highest BCUT2D eigenvalue weighted by Crippen LogP contribution is 2.45. The number of rotatable bonds is 2. The van der Waals surface area contributed by atoms with Gasteiger partial charge in [0.1, 0.15) is 0 Å². The molecule has 3 unspecified atom stereocenters. The van der Waals surface area contributed by atoms with Crippen LogP contribution in [0.1, 0.15) is 19.3 Å². The first-order chi connectivity index (χ1) is 6.25. The van der Waals surface area contributed by atoms with Gasteiger partial charge in [-0.15, -0.1) is 0 Å². The summed E-state index contributed by atoms with van der Waals surface area (Å²) < 4.78 is 0. The van der Waals surface area contributed by atoms with Gasteiger partial charge >= 0.3 is 0 Å². The first kappa shape index (κ1) is 7.80. The number of hydrogen-bond donors (Lipinski definition) is 1. The summed E-state index contributed by atoms with van der Waals surface area (Å²) in [7, 11) is 0. The number of fused-ring (bicyclic) bond motifs is 1. The molecule has 1 heterocycles. The van der Waals surface area contributed by atoms with Crippen molar-refractivity contribution in [2.24, 2.45) is 23.5 Å². The van der Waals surface area contributed by atoms with Crippen LogP contribution in [0.5, 0.6) is 0 Å². The summed E-state index contributed by atoms with van der Waals surface area (Å²) in [6.07, 6.45) is 3.67. The molecule has 13 heavy (non-hydrogen) atoms. The van der Waals surface area contributed by atoms with Crippen LogP contribution in [0, 0.1) is 17.8 Å². The van der Waals surface area contributed by atoms with Crippen LogP contribution in [0.2, 0.25) is 0 Å². The standard InChI is InChI=1S/C10H16N2O/c11-9(6-1-2-6)10(13)12-4-7-3-8(7)5-12/h6-9H,1-5,11H2. The first-order valence-electron chi connectivity index (χ1n) is 5.30. The smallest absolute Gasteiger partial charge is 0.239 e. The van der Waals surface area contributed by atoms with Crippen molar-refractivity contribution in [2.75, 3.05) is 13.1 Å². The fourth-order valence-electron chi connectivity index (χ4n) is 2.45. The first-order valence-corrected chi connectivity index (χ1v) is 5.30. The summed E-state index contributed by atoms with van der Waals surface area (Å²) >= 11 is 0. The Kier molecular flexibility index (Phi) is 1.48. The van der Waals surface area contributed by atoms with Crippen LogP contribution >= 0.6 is 0 Å². The number of hydrogen-bond acceptors (Lipinski definition) is 2. The molecule has 3 nitrogen and oxygen atoms in total. The summed E-state index contributed by atoms with van der Waals surface area (Å²) in [5.74, 6) is 2.38. The van der Waals surface area contributed by atoms with E-state index in [1.165, 1.54) is 6.42 Å². The van der Waals surface area contributed by atoms with Gasteiger partial charge in [-0.1, -0.05) is 0 Å². The molecular weight excluding hydrogens is 164 g/mol. The lowest BCUT2D eigenvalue weighted by Crippen LogP contribution is -2.44. The van der Waals surface area contributed by atoms with Crippen molar-refractivity contribution in [1.82, 2.24) is 4.90 Å². The van der Waals surface area contributed by atoms with Crippen LogP contribution in [-0.2, 0) is 4.79 Å². The van der Waals surface area contributed by atoms with E-state index >= 15 is 0 Å². The molecule has 3 heteroatoms. The minimum absolute atomic E-state index is 0.183. The van der Waals surface area contributed by atoms with Gasteiger partial charge in [0, 0.05) is 13.1 Å². The third-order valence-corrected chi connectivity index (χ3v) is 3.71. The van der Waals surface area contributed by atoms with E-state index < -0.39 is 0 Å². The molecule has 2 saturated carbocycles. The van der Waals surface area contributed by atoms with Gasteiger partial charge in [0.05, 0.1) is 6.04 Å². The molecule has 3 aliphatic rings. The predicted octanol–water partition coefficient (Wildman–Crippen LogP) is 0.202. The number of piperidine rings is 1. The van der Waals surface area contributed by atoms with Crippen molar-refractivity contribution >= 4 is 5.91 Å². The zero-order chi connectivity index (χ0) is 9.00. The van der Waals surface area contributed by atoms with Gasteiger partial charge < -0.3 is 10.6 Å². The van der Waals surface area contributed by atoms with E-state index in [4.69, 9.17) is 5.73 Å². The second-order valence-electron chi connectivity index (χ2n) is 4.86. The maximum atomic E-state index is 11.8. The molecule has 0 spiro atoms. The lowest BCUT2D eigenvalue weighted by Gasteiger charge is -2.21. The lowest BCUT2D eigenvalue weighted by atomic mass is 10.2. The third kappa shape index (κ3) is 1.26. The summed E-state index contributed by atoms with van der Waals surface area (Å²) in [5, 5.41) is 0. The Morgan fingerprint density at radius 3 is 2.46 bits per heavy atom. The van der Waals surface area contributed by atoms with Gasteiger partial charge in [-0.3, -0.25) is 4.79 Å². The molecule has 0 bridgehead atoms. The Balaban J connectivity index is 1.61. The van der Waals surface area contributed by atoms with Crippen molar-refractivity contribution < 1.29 is 4.79 Å². The molecule has 1 aliphatic heterocycles. The predicted molar refractivity (Wildman–Crippen MR) is 48.9 cm³/mol. The Hall–Kier alpha value is -0.570. The Labute approximate surface area is 78.3 Å². The number of carbonyl (C=O) groups is 1. The average Bonchev–Trinajstić information content (AvgIpc) is 3.04. The van der Waals surface area contributed by atoms with Crippen molar-refractivity contribution in [3.63, 3.8) is 0 Å². The minimum atomic E-state index is -0.183. The van der Waals surface area contributed by atoms with Crippen LogP contribution in [0.15, 0.2) is 0 Å². The van der Waals surface area contributed by atoms with Gasteiger partial charge in [0.15, 0.2) is 0 Å². The van der Waals surface area contributed by atoms with Gasteiger partial charge in [-0.05, 0) is 37.0 Å². The zero-order valence-corrected chi connectivity index (χ0v) is 7.78. The normalized spacial score (nSPS) is 38.7. The second-order valence-corrected chi connectivity index (χ2v) is 4.86. The zero-order valence-electron chi connectivity index (χ0n) is 7.78. The highest BCUT2D eigenvalue weighted by atomic mass is 16.2. The highest BCUT2D eigenvalue weighted by molar-refractivity contribution is 5.82. The molecule has 72 valence electrons. The van der Waals surface area contributed by atoms with E-state index in [2.05, 4.69) is 0 Å². The molecule has 0 aromatic carbocycles. The molecular formula is C10H16N2O. The van der Waals surface area contributed by atoms with Gasteiger partial charge in [-0.2, -0.15) is 0 Å². The molecule has 0 aromatic rings. The maximum Gasteiger partial charge on any atom is 0.239 e. The van der Waals surface area contributed by atoms with Crippen LogP contribution in [0.4, 0.5) is 0 Å². The summed E-state index contributed by atoms with van der Waals surface area (Å²) in [5.41, 5.74) is 5.87. The maximum absolute atomic E-state index is 11.8. The van der Waals surface area contributed by atoms with Crippen LogP contribution in [0.25, 0.3) is 0 Å². The molecule has 0 aromatic heterocycles. The summed E-state index contributed by atoms with van der Waals surface area (Å²) in [6.45, 7) is 1.98. The Bertz CT molecular complexity index is 239. The molecule has 1 amide bonds. The molecule has 2 aliphatic carbocycles. The van der Waals surface area contributed by atoms with Crippen molar-refractivity contribution in [2.45, 2.75) is 25.3 Å². The molecule has 2 N–H and O–H groups in total. The van der Waals surface area contributed by atoms with Gasteiger partial charge in [-0.25, -0.2) is 0 Å². The van der Waals surface area contributed by atoms with Gasteiger partial charge in [0.2, 0.25) is 5.91 Å². The quantitative estimate of drug-likeness (QED) is 0.660. The van der Waals surface area contributed by atoms with Crippen molar-refractivity contribution in [3.05, 3.63) is 0 Å². The van der Waals surface area contributed by atoms with Gasteiger partial charge in [0.25, 0.3) is 0 Å². The number of nitrogens with two attached hydrogens (primary N) is 1. The number of nitrogens with zero attached hydrogens (tertiary/aromatic N) is 1. The minimum Gasteiger partial charge on any atom is -0.341 e. The van der Waals surface area contributed by atoms with Crippen LogP contribution < -0.4 is 5.73 Å². The van der Waals surface area contributed by atoms with E-state index in [-0.39, 0.29) is 11.9 Å². The lowest BCUT2D eigenvalue weighted by molar-refractivity contribution is -0.132. The second kappa shape index (κ2) is 2.47. The molecule has 3 fully saturated rings. The van der Waals surface area contributed by atoms with E-state index in [9.17, 15) is 4.79 Å². The Morgan fingerprint density at radius 1 is 1.31 bits per heavy atom. The highest BCUT2D eigenvalue weighted by Gasteiger charge is 2.48. The fraction of sp³-hybridized carbons (Fsp3) is 0.900. The molecule has 3 rings (SSSR count). The summed E-state index contributed by atoms with van der Waals surface area (Å²) in [4.78, 5) is 13.8. The van der Waals surface area contributed by atoms with E-state index in [0.29, 0.717) is 5.92 Å². The number of carbonyl (C=O) groups excluding carboxylic acids is 1. The van der Waals surface area contributed by atoms with Crippen molar-refractivity contribution in [3.8, 4) is 0 Å². The molecule has 1 saturated heterocycles. The molecule has 0 radical (unpaired) electrons. The van der Waals surface area contributed by atoms with E-state index in [0.717, 1.165) is 37.8 Å². The topological polar surface area (TPSA) is 46.3 Å². The largest absolute Gasteiger partial charge is 0.341 e. The average molecular weight is 180 g/mol.